The van der Waals surface area contributed by atoms with Gasteiger partial charge < -0.3 is 5.11 Å². The van der Waals surface area contributed by atoms with Crippen molar-refractivity contribution >= 4 is 11.9 Å². The molecule has 0 amide bonds. The topological polar surface area (TPSA) is 91.2 Å². The summed E-state index contributed by atoms with van der Waals surface area (Å²) in [6, 6.07) is 0. The lowest BCUT2D eigenvalue weighted by Gasteiger charge is -1.89. The van der Waals surface area contributed by atoms with Gasteiger partial charge in [-0.2, -0.15) is 5.90 Å². The number of aliphatic carboxylic acids is 1. The summed E-state index contributed by atoms with van der Waals surface area (Å²) < 4.78 is 0. The summed E-state index contributed by atoms with van der Waals surface area (Å²) in [6.45, 7) is 0. The van der Waals surface area contributed by atoms with Crippen molar-refractivity contribution in [1.82, 2.24) is 0 Å². The Bertz CT molecular complexity index is 122. The SMILES string of the molecule is [NH3+]OC(=O)CCC(=O)O. The highest BCUT2D eigenvalue weighted by Crippen LogP contribution is 1.88. The zero-order valence-electron chi connectivity index (χ0n) is 4.79. The van der Waals surface area contributed by atoms with Gasteiger partial charge in [0.2, 0.25) is 0 Å². The molecular formula is C4H8NO4+. The highest BCUT2D eigenvalue weighted by molar-refractivity contribution is 5.75. The number of carboxylic acid groups (broad SMARTS) is 1. The summed E-state index contributed by atoms with van der Waals surface area (Å²) in [4.78, 5) is 23.9. The smallest absolute Gasteiger partial charge is 0.366 e. The highest BCUT2D eigenvalue weighted by Gasteiger charge is 2.05. The third kappa shape index (κ3) is 4.76. The first-order valence-corrected chi connectivity index (χ1v) is 2.33. The Morgan fingerprint density at radius 2 is 2.00 bits per heavy atom. The molecule has 5 heteroatoms. The molecule has 0 radical (unpaired) electrons. The molecule has 0 heterocycles. The van der Waals surface area contributed by atoms with Crippen LogP contribution in [0, 0.1) is 0 Å². The Kier molecular flexibility index (Phi) is 3.38. The van der Waals surface area contributed by atoms with Crippen molar-refractivity contribution in [2.75, 3.05) is 0 Å². The fourth-order valence-electron chi connectivity index (χ4n) is 0.281. The number of rotatable bonds is 3. The molecule has 0 spiro atoms. The summed E-state index contributed by atoms with van der Waals surface area (Å²) in [5, 5.41) is 8.03. The van der Waals surface area contributed by atoms with Crippen molar-refractivity contribution in [2.24, 2.45) is 0 Å². The molecule has 52 valence electrons. The van der Waals surface area contributed by atoms with Crippen LogP contribution < -0.4 is 5.90 Å². The van der Waals surface area contributed by atoms with Crippen molar-refractivity contribution < 1.29 is 25.4 Å². The summed E-state index contributed by atoms with van der Waals surface area (Å²) in [5.74, 6) is 1.21. The van der Waals surface area contributed by atoms with E-state index in [1.54, 1.807) is 0 Å². The van der Waals surface area contributed by atoms with Crippen LogP contribution in [0.4, 0.5) is 0 Å². The summed E-state index contributed by atoms with van der Waals surface area (Å²) in [6.07, 6.45) is -0.312. The van der Waals surface area contributed by atoms with Crippen molar-refractivity contribution in [1.29, 1.82) is 0 Å². The summed E-state index contributed by atoms with van der Waals surface area (Å²) in [7, 11) is 0. The molecule has 0 aromatic heterocycles. The lowest BCUT2D eigenvalue weighted by Crippen LogP contribution is -2.51. The monoisotopic (exact) mass is 134 g/mol. The molecule has 0 fully saturated rings. The molecule has 0 atom stereocenters. The standard InChI is InChI=1S/C4H7NO4/c5-9-4(8)2-1-3(6)7/h1-2H2,5H3/p+1. The van der Waals surface area contributed by atoms with Crippen LogP contribution in [-0.2, 0) is 14.4 Å². The van der Waals surface area contributed by atoms with E-state index in [1.165, 1.54) is 0 Å². The summed E-state index contributed by atoms with van der Waals surface area (Å²) >= 11 is 0. The number of carbonyl (C=O) groups is 2. The Labute approximate surface area is 51.4 Å². The van der Waals surface area contributed by atoms with Crippen molar-refractivity contribution in [3.05, 3.63) is 0 Å². The van der Waals surface area contributed by atoms with Gasteiger partial charge in [0.1, 0.15) is 0 Å². The maximum absolute atomic E-state index is 10.2. The molecule has 4 N–H and O–H groups in total. The number of hydrogen-bond donors (Lipinski definition) is 2. The van der Waals surface area contributed by atoms with E-state index in [-0.39, 0.29) is 12.8 Å². The maximum atomic E-state index is 10.2. The Hall–Kier alpha value is -1.10. The maximum Gasteiger partial charge on any atom is 0.366 e. The Morgan fingerprint density at radius 1 is 1.44 bits per heavy atom. The van der Waals surface area contributed by atoms with Crippen molar-refractivity contribution in [3.8, 4) is 0 Å². The van der Waals surface area contributed by atoms with E-state index >= 15 is 0 Å². The van der Waals surface area contributed by atoms with Crippen LogP contribution in [0.25, 0.3) is 0 Å². The minimum absolute atomic E-state index is 0.112. The number of carbonyl (C=O) groups excluding carboxylic acids is 1. The van der Waals surface area contributed by atoms with E-state index in [1.807, 2.05) is 0 Å². The minimum atomic E-state index is -1.01. The quantitative estimate of drug-likeness (QED) is 0.462. The fraction of sp³-hybridized carbons (Fsp3) is 0.500. The first-order chi connectivity index (χ1) is 4.16. The van der Waals surface area contributed by atoms with Crippen LogP contribution in [0.15, 0.2) is 0 Å². The predicted molar refractivity (Wildman–Crippen MR) is 25.8 cm³/mol. The first kappa shape index (κ1) is 7.90. The van der Waals surface area contributed by atoms with Gasteiger partial charge in [-0.1, -0.05) is 0 Å². The third-order valence-corrected chi connectivity index (χ3v) is 0.704. The van der Waals surface area contributed by atoms with Gasteiger partial charge in [0.25, 0.3) is 0 Å². The van der Waals surface area contributed by atoms with Crippen molar-refractivity contribution in [3.63, 3.8) is 0 Å². The third-order valence-electron chi connectivity index (χ3n) is 0.704. The van der Waals surface area contributed by atoms with Crippen LogP contribution >= 0.6 is 0 Å². The zero-order valence-corrected chi connectivity index (χ0v) is 4.79. The molecule has 0 bridgehead atoms. The Morgan fingerprint density at radius 3 is 2.33 bits per heavy atom. The molecule has 0 saturated heterocycles. The molecule has 0 aliphatic carbocycles. The van der Waals surface area contributed by atoms with Crippen LogP contribution in [0.5, 0.6) is 0 Å². The molecule has 0 rings (SSSR count). The van der Waals surface area contributed by atoms with Gasteiger partial charge in [-0.05, 0) is 0 Å². The predicted octanol–water partition coefficient (Wildman–Crippen LogP) is -1.45. The number of hydrogen-bond acceptors (Lipinski definition) is 3. The first-order valence-electron chi connectivity index (χ1n) is 2.33. The van der Waals surface area contributed by atoms with E-state index in [9.17, 15) is 9.59 Å². The van der Waals surface area contributed by atoms with Crippen LogP contribution in [-0.4, -0.2) is 17.0 Å². The largest absolute Gasteiger partial charge is 0.481 e. The van der Waals surface area contributed by atoms with Crippen LogP contribution in [0.1, 0.15) is 12.8 Å². The molecule has 0 unspecified atom stereocenters. The van der Waals surface area contributed by atoms with Gasteiger partial charge >= 0.3 is 11.9 Å². The van der Waals surface area contributed by atoms with E-state index in [2.05, 4.69) is 10.7 Å². The average Bonchev–Trinajstić information content (AvgIpc) is 1.83. The second-order valence-corrected chi connectivity index (χ2v) is 1.41. The Balaban J connectivity index is 3.28. The number of carboxylic acids is 1. The molecule has 5 nitrogen and oxygen atoms in total. The molecule has 0 saturated carbocycles. The molecule has 0 aliphatic heterocycles. The van der Waals surface area contributed by atoms with Gasteiger partial charge in [-0.3, -0.25) is 9.63 Å². The molecular weight excluding hydrogens is 126 g/mol. The van der Waals surface area contributed by atoms with Crippen LogP contribution in [0.2, 0.25) is 0 Å². The molecule has 0 aliphatic rings. The van der Waals surface area contributed by atoms with Gasteiger partial charge in [0.15, 0.2) is 0 Å². The lowest BCUT2D eigenvalue weighted by molar-refractivity contribution is -0.657. The number of quaternary nitrogens is 1. The average molecular weight is 134 g/mol. The van der Waals surface area contributed by atoms with Crippen molar-refractivity contribution in [2.45, 2.75) is 12.8 Å². The van der Waals surface area contributed by atoms with E-state index in [0.717, 1.165) is 0 Å². The van der Waals surface area contributed by atoms with Gasteiger partial charge in [0.05, 0.1) is 12.8 Å². The second kappa shape index (κ2) is 3.85. The lowest BCUT2D eigenvalue weighted by atomic mass is 10.3. The van der Waals surface area contributed by atoms with E-state index < -0.39 is 11.9 Å². The second-order valence-electron chi connectivity index (χ2n) is 1.41. The molecule has 0 aromatic rings. The van der Waals surface area contributed by atoms with E-state index in [0.29, 0.717) is 0 Å². The van der Waals surface area contributed by atoms with Gasteiger partial charge in [-0.25, -0.2) is 4.79 Å². The zero-order chi connectivity index (χ0) is 7.28. The molecule has 9 heavy (non-hydrogen) atoms. The van der Waals surface area contributed by atoms with Crippen LogP contribution in [0.3, 0.4) is 0 Å². The minimum Gasteiger partial charge on any atom is -0.481 e. The van der Waals surface area contributed by atoms with Gasteiger partial charge in [0, 0.05) is 0 Å². The van der Waals surface area contributed by atoms with Gasteiger partial charge in [-0.15, -0.1) is 0 Å². The normalized spacial score (nSPS) is 8.56. The van der Waals surface area contributed by atoms with E-state index in [4.69, 9.17) is 5.11 Å². The highest BCUT2D eigenvalue weighted by atomic mass is 16.7. The molecule has 0 aromatic carbocycles. The fourth-order valence-corrected chi connectivity index (χ4v) is 0.281. The summed E-state index contributed by atoms with van der Waals surface area (Å²) in [5.41, 5.74) is 0.